The molecule has 0 bridgehead atoms. The predicted octanol–water partition coefficient (Wildman–Crippen LogP) is 2.74. The van der Waals surface area contributed by atoms with E-state index < -0.39 is 5.91 Å². The Bertz CT molecular complexity index is 1070. The van der Waals surface area contributed by atoms with Gasteiger partial charge in [0.1, 0.15) is 0 Å². The first-order valence-corrected chi connectivity index (χ1v) is 8.85. The zero-order valence-corrected chi connectivity index (χ0v) is 16.3. The molecular formula is C20H25N5O2. The van der Waals surface area contributed by atoms with Crippen molar-refractivity contribution in [2.75, 3.05) is 5.32 Å². The molecule has 0 radical (unpaired) electrons. The summed E-state index contributed by atoms with van der Waals surface area (Å²) in [6.45, 7) is 10.3. The molecular weight excluding hydrogens is 342 g/mol. The van der Waals surface area contributed by atoms with Crippen molar-refractivity contribution in [2.24, 2.45) is 11.1 Å². The Kier molecular flexibility index (Phi) is 4.55. The lowest BCUT2D eigenvalue weighted by Crippen LogP contribution is -2.32. The predicted molar refractivity (Wildman–Crippen MR) is 107 cm³/mol. The number of nitrogens with zero attached hydrogens (tertiary/aromatic N) is 3. The average Bonchev–Trinajstić information content (AvgIpc) is 3.00. The molecule has 0 fully saturated rings. The van der Waals surface area contributed by atoms with Crippen LogP contribution in [0, 0.1) is 12.3 Å². The van der Waals surface area contributed by atoms with Crippen molar-refractivity contribution in [3.63, 3.8) is 0 Å². The summed E-state index contributed by atoms with van der Waals surface area (Å²) >= 11 is 0. The summed E-state index contributed by atoms with van der Waals surface area (Å²) in [5.41, 5.74) is 8.67. The normalized spacial score (nSPS) is 12.9. The van der Waals surface area contributed by atoms with Crippen molar-refractivity contribution in [2.45, 2.75) is 40.7 Å². The van der Waals surface area contributed by atoms with Crippen molar-refractivity contribution >= 4 is 17.1 Å². The van der Waals surface area contributed by atoms with Crippen LogP contribution < -0.4 is 16.6 Å². The number of anilines is 1. The zero-order chi connectivity index (χ0) is 19.9. The molecule has 0 unspecified atom stereocenters. The Morgan fingerprint density at radius 1 is 1.26 bits per heavy atom. The highest BCUT2D eigenvalue weighted by molar-refractivity contribution is 6.02. The van der Waals surface area contributed by atoms with Crippen LogP contribution in [0.4, 0.5) is 5.69 Å². The van der Waals surface area contributed by atoms with Gasteiger partial charge in [-0.15, -0.1) is 0 Å². The molecule has 0 saturated carbocycles. The summed E-state index contributed by atoms with van der Waals surface area (Å²) in [7, 11) is 0. The van der Waals surface area contributed by atoms with Crippen LogP contribution in [0.1, 0.15) is 43.6 Å². The minimum atomic E-state index is -0.552. The molecule has 3 aromatic heterocycles. The largest absolute Gasteiger partial charge is 0.380 e. The van der Waals surface area contributed by atoms with Crippen LogP contribution in [0.3, 0.4) is 0 Å². The van der Waals surface area contributed by atoms with Crippen LogP contribution in [0.25, 0.3) is 11.2 Å². The van der Waals surface area contributed by atoms with Crippen LogP contribution in [0.5, 0.6) is 0 Å². The standard InChI is InChI=1S/C20H25N5O2/c1-12-6-7-17(26)24(10-12)14-8-16-18(23-13(2)20(3,4)5)15(19(21)27)9-22-25(16)11-14/h6-11,13,23H,1-5H3,(H2,21,27)/t13-/m1/s1. The van der Waals surface area contributed by atoms with Gasteiger partial charge >= 0.3 is 0 Å². The number of aromatic nitrogens is 3. The summed E-state index contributed by atoms with van der Waals surface area (Å²) in [4.78, 5) is 24.2. The summed E-state index contributed by atoms with van der Waals surface area (Å²) in [5.74, 6) is -0.552. The van der Waals surface area contributed by atoms with Crippen molar-refractivity contribution in [3.8, 4) is 5.69 Å². The maximum absolute atomic E-state index is 12.3. The molecule has 7 heteroatoms. The van der Waals surface area contributed by atoms with E-state index in [1.54, 1.807) is 27.5 Å². The molecule has 7 nitrogen and oxygen atoms in total. The summed E-state index contributed by atoms with van der Waals surface area (Å²) in [6.07, 6.45) is 4.99. The van der Waals surface area contributed by atoms with E-state index in [1.165, 1.54) is 12.3 Å². The first-order valence-electron chi connectivity index (χ1n) is 8.85. The van der Waals surface area contributed by atoms with E-state index in [2.05, 4.69) is 38.1 Å². The number of primary amides is 1. The van der Waals surface area contributed by atoms with Gasteiger partial charge in [0.15, 0.2) is 0 Å². The van der Waals surface area contributed by atoms with E-state index in [9.17, 15) is 9.59 Å². The van der Waals surface area contributed by atoms with Gasteiger partial charge in [-0.1, -0.05) is 26.8 Å². The van der Waals surface area contributed by atoms with Crippen LogP contribution >= 0.6 is 0 Å². The molecule has 0 aliphatic heterocycles. The first-order chi connectivity index (χ1) is 12.6. The molecule has 3 heterocycles. The number of carbonyl (C=O) groups is 1. The van der Waals surface area contributed by atoms with E-state index in [0.717, 1.165) is 5.56 Å². The monoisotopic (exact) mass is 367 g/mol. The number of carbonyl (C=O) groups excluding carboxylic acids is 1. The number of fused-ring (bicyclic) bond motifs is 1. The fraction of sp³-hybridized carbons (Fsp3) is 0.350. The molecule has 1 amide bonds. The van der Waals surface area contributed by atoms with Crippen LogP contribution in [-0.2, 0) is 0 Å². The SMILES string of the molecule is Cc1ccc(=O)n(-c2cc3c(N[C@H](C)C(C)(C)C)c(C(N)=O)cnn3c2)c1. The average molecular weight is 367 g/mol. The first kappa shape index (κ1) is 18.7. The molecule has 3 N–H and O–H groups in total. The molecule has 0 aliphatic carbocycles. The summed E-state index contributed by atoms with van der Waals surface area (Å²) < 4.78 is 3.21. The Morgan fingerprint density at radius 3 is 2.59 bits per heavy atom. The minimum Gasteiger partial charge on any atom is -0.380 e. The maximum atomic E-state index is 12.3. The Labute approximate surface area is 157 Å². The van der Waals surface area contributed by atoms with Crippen LogP contribution in [-0.4, -0.2) is 26.1 Å². The number of aryl methyl sites for hydroxylation is 1. The van der Waals surface area contributed by atoms with Gasteiger partial charge in [0.25, 0.3) is 11.5 Å². The fourth-order valence-corrected chi connectivity index (χ4v) is 2.74. The lowest BCUT2D eigenvalue weighted by molar-refractivity contribution is 0.100. The Morgan fingerprint density at radius 2 is 1.96 bits per heavy atom. The molecule has 27 heavy (non-hydrogen) atoms. The highest BCUT2D eigenvalue weighted by Gasteiger charge is 2.23. The van der Waals surface area contributed by atoms with E-state index in [4.69, 9.17) is 5.73 Å². The number of rotatable bonds is 4. The second kappa shape index (κ2) is 6.57. The highest BCUT2D eigenvalue weighted by Crippen LogP contribution is 2.29. The van der Waals surface area contributed by atoms with Crippen molar-refractivity contribution < 1.29 is 4.79 Å². The Balaban J connectivity index is 2.21. The van der Waals surface area contributed by atoms with Gasteiger partial charge in [0.05, 0.1) is 34.8 Å². The number of nitrogens with two attached hydrogens (primary N) is 1. The molecule has 0 saturated heterocycles. The van der Waals surface area contributed by atoms with Gasteiger partial charge in [-0.25, -0.2) is 4.52 Å². The van der Waals surface area contributed by atoms with Crippen molar-refractivity contribution in [3.05, 3.63) is 58.3 Å². The summed E-state index contributed by atoms with van der Waals surface area (Å²) in [6, 6.07) is 5.20. The van der Waals surface area contributed by atoms with Crippen LogP contribution in [0.2, 0.25) is 0 Å². The Hall–Kier alpha value is -3.09. The number of hydrogen-bond acceptors (Lipinski definition) is 4. The third kappa shape index (κ3) is 3.58. The molecule has 0 aromatic carbocycles. The molecule has 1 atom stereocenters. The third-order valence-electron chi connectivity index (χ3n) is 4.89. The van der Waals surface area contributed by atoms with Gasteiger partial charge in [-0.3, -0.25) is 14.2 Å². The molecule has 0 aliphatic rings. The van der Waals surface area contributed by atoms with Crippen LogP contribution in [0.15, 0.2) is 41.6 Å². The van der Waals surface area contributed by atoms with Gasteiger partial charge in [-0.2, -0.15) is 5.10 Å². The second-order valence-corrected chi connectivity index (χ2v) is 7.97. The van der Waals surface area contributed by atoms with Crippen molar-refractivity contribution in [1.29, 1.82) is 0 Å². The molecule has 0 spiro atoms. The van der Waals surface area contributed by atoms with E-state index >= 15 is 0 Å². The number of pyridine rings is 1. The zero-order valence-electron chi connectivity index (χ0n) is 16.3. The van der Waals surface area contributed by atoms with E-state index in [1.807, 2.05) is 13.0 Å². The lowest BCUT2D eigenvalue weighted by atomic mass is 9.88. The van der Waals surface area contributed by atoms with Gasteiger partial charge in [0.2, 0.25) is 0 Å². The number of hydrogen-bond donors (Lipinski definition) is 2. The maximum Gasteiger partial charge on any atom is 0.255 e. The quantitative estimate of drug-likeness (QED) is 0.741. The van der Waals surface area contributed by atoms with Gasteiger partial charge in [0, 0.05) is 18.3 Å². The second-order valence-electron chi connectivity index (χ2n) is 7.97. The summed E-state index contributed by atoms with van der Waals surface area (Å²) in [5, 5.41) is 7.71. The number of nitrogens with one attached hydrogen (secondary N) is 1. The fourth-order valence-electron chi connectivity index (χ4n) is 2.74. The van der Waals surface area contributed by atoms with Gasteiger partial charge in [-0.05, 0) is 30.9 Å². The highest BCUT2D eigenvalue weighted by atomic mass is 16.1. The smallest absolute Gasteiger partial charge is 0.255 e. The van der Waals surface area contributed by atoms with Crippen molar-refractivity contribution in [1.82, 2.24) is 14.2 Å². The topological polar surface area (TPSA) is 94.4 Å². The van der Waals surface area contributed by atoms with Gasteiger partial charge < -0.3 is 11.1 Å². The lowest BCUT2D eigenvalue weighted by Gasteiger charge is -2.29. The molecule has 3 rings (SSSR count). The third-order valence-corrected chi connectivity index (χ3v) is 4.89. The van der Waals surface area contributed by atoms with E-state index in [-0.39, 0.29) is 17.0 Å². The molecule has 142 valence electrons. The minimum absolute atomic E-state index is 0.0297. The molecule has 3 aromatic rings. The number of amides is 1. The van der Waals surface area contributed by atoms with E-state index in [0.29, 0.717) is 22.5 Å².